The Morgan fingerprint density at radius 1 is 1.32 bits per heavy atom. The van der Waals surface area contributed by atoms with Gasteiger partial charge in [0.15, 0.2) is 0 Å². The number of nitrogens with one attached hydrogen (secondary N) is 1. The van der Waals surface area contributed by atoms with Crippen molar-refractivity contribution in [3.05, 3.63) is 12.2 Å². The summed E-state index contributed by atoms with van der Waals surface area (Å²) in [5, 5.41) is 2.66. The maximum Gasteiger partial charge on any atom is 0.330 e. The summed E-state index contributed by atoms with van der Waals surface area (Å²) >= 11 is 0. The summed E-state index contributed by atoms with van der Waals surface area (Å²) in [5.41, 5.74) is 0. The molecule has 1 unspecified atom stereocenters. The first kappa shape index (κ1) is 15.2. The molecule has 1 aliphatic heterocycles. The van der Waals surface area contributed by atoms with Crippen molar-refractivity contribution in [1.29, 1.82) is 0 Å². The van der Waals surface area contributed by atoms with Gasteiger partial charge in [-0.15, -0.1) is 0 Å². The minimum atomic E-state index is -0.589. The van der Waals surface area contributed by atoms with E-state index in [9.17, 15) is 14.4 Å². The van der Waals surface area contributed by atoms with Crippen molar-refractivity contribution in [2.75, 3.05) is 13.7 Å². The van der Waals surface area contributed by atoms with Crippen molar-refractivity contribution in [2.24, 2.45) is 0 Å². The van der Waals surface area contributed by atoms with E-state index in [1.165, 1.54) is 7.11 Å². The average molecular weight is 268 g/mol. The van der Waals surface area contributed by atoms with E-state index in [4.69, 9.17) is 0 Å². The lowest BCUT2D eigenvalue weighted by atomic mass is 10.2. The molecule has 19 heavy (non-hydrogen) atoms. The number of methoxy groups -OCH3 is 1. The first-order valence-corrected chi connectivity index (χ1v) is 6.40. The van der Waals surface area contributed by atoms with Crippen LogP contribution in [0.25, 0.3) is 0 Å². The van der Waals surface area contributed by atoms with Crippen LogP contribution in [-0.2, 0) is 19.1 Å². The second-order valence-electron chi connectivity index (χ2n) is 4.44. The Bertz CT molecular complexity index is 379. The van der Waals surface area contributed by atoms with Crippen LogP contribution in [0, 0.1) is 0 Å². The van der Waals surface area contributed by atoms with Crippen LogP contribution in [0.4, 0.5) is 0 Å². The van der Waals surface area contributed by atoms with Gasteiger partial charge in [-0.3, -0.25) is 9.59 Å². The number of rotatable bonds is 4. The predicted molar refractivity (Wildman–Crippen MR) is 68.9 cm³/mol. The third-order valence-electron chi connectivity index (χ3n) is 3.00. The fraction of sp³-hybridized carbons (Fsp3) is 0.615. The molecule has 1 aliphatic rings. The predicted octanol–water partition coefficient (Wildman–Crippen LogP) is 0.580. The van der Waals surface area contributed by atoms with Gasteiger partial charge in [-0.05, 0) is 19.8 Å². The van der Waals surface area contributed by atoms with E-state index < -0.39 is 11.9 Å². The number of ether oxygens (including phenoxy) is 1. The number of esters is 1. The second-order valence-corrected chi connectivity index (χ2v) is 4.44. The van der Waals surface area contributed by atoms with Gasteiger partial charge in [0.2, 0.25) is 11.8 Å². The van der Waals surface area contributed by atoms with Crippen LogP contribution in [0.5, 0.6) is 0 Å². The molecule has 1 rings (SSSR count). The number of amides is 2. The molecule has 1 atom stereocenters. The summed E-state index contributed by atoms with van der Waals surface area (Å²) in [5.74, 6) is -0.953. The van der Waals surface area contributed by atoms with Crippen LogP contribution < -0.4 is 5.32 Å². The minimum absolute atomic E-state index is 0.0576. The monoisotopic (exact) mass is 268 g/mol. The molecule has 1 saturated heterocycles. The zero-order valence-corrected chi connectivity index (χ0v) is 11.3. The Balaban J connectivity index is 2.50. The number of hydrogen-bond acceptors (Lipinski definition) is 4. The molecule has 1 fully saturated rings. The summed E-state index contributed by atoms with van der Waals surface area (Å²) in [7, 11) is 1.24. The maximum absolute atomic E-state index is 11.8. The molecule has 1 heterocycles. The molecular weight excluding hydrogens is 248 g/mol. The molecule has 0 aliphatic carbocycles. The Labute approximate surface area is 112 Å². The van der Waals surface area contributed by atoms with Gasteiger partial charge in [0.25, 0.3) is 0 Å². The van der Waals surface area contributed by atoms with Gasteiger partial charge in [-0.25, -0.2) is 4.79 Å². The van der Waals surface area contributed by atoms with Crippen LogP contribution >= 0.6 is 0 Å². The number of hydrogen-bond donors (Lipinski definition) is 1. The summed E-state index contributed by atoms with van der Waals surface area (Å²) < 4.78 is 4.39. The molecule has 106 valence electrons. The first-order chi connectivity index (χ1) is 9.04. The lowest BCUT2D eigenvalue weighted by Crippen LogP contribution is -2.48. The lowest BCUT2D eigenvalue weighted by Gasteiger charge is -2.28. The second kappa shape index (κ2) is 7.56. The van der Waals surface area contributed by atoms with Crippen molar-refractivity contribution < 1.29 is 19.1 Å². The van der Waals surface area contributed by atoms with Crippen molar-refractivity contribution >= 4 is 17.8 Å². The smallest absolute Gasteiger partial charge is 0.330 e. The fourth-order valence-corrected chi connectivity index (χ4v) is 1.96. The zero-order valence-electron chi connectivity index (χ0n) is 11.3. The molecule has 0 spiro atoms. The minimum Gasteiger partial charge on any atom is -0.466 e. The van der Waals surface area contributed by atoms with Gasteiger partial charge < -0.3 is 15.0 Å². The topological polar surface area (TPSA) is 75.7 Å². The number of carbonyl (C=O) groups is 3. The Kier molecular flexibility index (Phi) is 6.05. The van der Waals surface area contributed by atoms with Crippen LogP contribution in [0.3, 0.4) is 0 Å². The third-order valence-corrected chi connectivity index (χ3v) is 3.00. The normalized spacial score (nSPS) is 18.0. The Hall–Kier alpha value is -1.85. The molecular formula is C13H20N2O4. The van der Waals surface area contributed by atoms with E-state index in [2.05, 4.69) is 10.1 Å². The highest BCUT2D eigenvalue weighted by Crippen LogP contribution is 2.12. The van der Waals surface area contributed by atoms with E-state index in [1.54, 1.807) is 11.8 Å². The largest absolute Gasteiger partial charge is 0.466 e. The molecule has 0 saturated carbocycles. The maximum atomic E-state index is 11.8. The summed E-state index contributed by atoms with van der Waals surface area (Å²) in [6.45, 7) is 2.41. The Morgan fingerprint density at radius 2 is 2.05 bits per heavy atom. The van der Waals surface area contributed by atoms with E-state index in [0.29, 0.717) is 13.0 Å². The van der Waals surface area contributed by atoms with Gasteiger partial charge >= 0.3 is 5.97 Å². The molecule has 0 radical (unpaired) electrons. The SMILES string of the molecule is COC(=O)/C=C\C(=O)NC(C)N1CCCCCC1=O. The average Bonchev–Trinajstić information content (AvgIpc) is 2.60. The van der Waals surface area contributed by atoms with Crippen LogP contribution in [0.2, 0.25) is 0 Å². The molecule has 0 aromatic heterocycles. The van der Waals surface area contributed by atoms with Crippen LogP contribution in [0.1, 0.15) is 32.6 Å². The highest BCUT2D eigenvalue weighted by atomic mass is 16.5. The quantitative estimate of drug-likeness (QED) is 0.598. The van der Waals surface area contributed by atoms with Crippen molar-refractivity contribution in [2.45, 2.75) is 38.8 Å². The molecule has 0 bridgehead atoms. The van der Waals surface area contributed by atoms with Crippen molar-refractivity contribution in [1.82, 2.24) is 10.2 Å². The van der Waals surface area contributed by atoms with E-state index in [-0.39, 0.29) is 12.1 Å². The van der Waals surface area contributed by atoms with Gasteiger partial charge in [0, 0.05) is 25.1 Å². The molecule has 6 nitrogen and oxygen atoms in total. The fourth-order valence-electron chi connectivity index (χ4n) is 1.96. The lowest BCUT2D eigenvalue weighted by molar-refractivity contribution is -0.136. The Morgan fingerprint density at radius 3 is 2.74 bits per heavy atom. The zero-order chi connectivity index (χ0) is 14.3. The van der Waals surface area contributed by atoms with Gasteiger partial charge in [0.05, 0.1) is 7.11 Å². The van der Waals surface area contributed by atoms with Gasteiger partial charge in [-0.2, -0.15) is 0 Å². The number of nitrogens with zero attached hydrogens (tertiary/aromatic N) is 1. The summed E-state index contributed by atoms with van der Waals surface area (Å²) in [6.07, 6.45) is 5.18. The molecule has 0 aromatic carbocycles. The molecule has 2 amide bonds. The summed E-state index contributed by atoms with van der Waals surface area (Å²) in [6, 6.07) is 0. The van der Waals surface area contributed by atoms with Crippen LogP contribution in [0.15, 0.2) is 12.2 Å². The van der Waals surface area contributed by atoms with E-state index in [1.807, 2.05) is 0 Å². The number of likely N-dealkylation sites (tertiary alicyclic amines) is 1. The molecule has 6 heteroatoms. The van der Waals surface area contributed by atoms with Crippen molar-refractivity contribution in [3.63, 3.8) is 0 Å². The van der Waals surface area contributed by atoms with Crippen molar-refractivity contribution in [3.8, 4) is 0 Å². The number of carbonyl (C=O) groups excluding carboxylic acids is 3. The van der Waals surface area contributed by atoms with Crippen LogP contribution in [-0.4, -0.2) is 42.5 Å². The first-order valence-electron chi connectivity index (χ1n) is 6.40. The summed E-state index contributed by atoms with van der Waals surface area (Å²) in [4.78, 5) is 35.9. The molecule has 0 aromatic rings. The van der Waals surface area contributed by atoms with Gasteiger partial charge in [-0.1, -0.05) is 6.42 Å². The van der Waals surface area contributed by atoms with Gasteiger partial charge in [0.1, 0.15) is 6.17 Å². The third kappa shape index (κ3) is 5.11. The standard InChI is InChI=1S/C13H20N2O4/c1-10(14-11(16)7-8-13(18)19-2)15-9-5-3-4-6-12(15)17/h7-8,10H,3-6,9H2,1-2H3,(H,14,16)/b8-7-. The van der Waals surface area contributed by atoms with E-state index >= 15 is 0 Å². The molecule has 1 N–H and O–H groups in total. The highest BCUT2D eigenvalue weighted by Gasteiger charge is 2.22. The van der Waals surface area contributed by atoms with E-state index in [0.717, 1.165) is 31.4 Å². The highest BCUT2D eigenvalue weighted by molar-refractivity contribution is 5.94.